The molecule has 0 saturated carbocycles. The summed E-state index contributed by atoms with van der Waals surface area (Å²) in [6.45, 7) is 10.6. The molecule has 1 N–H and O–H groups in total. The van der Waals surface area contributed by atoms with Crippen molar-refractivity contribution in [3.63, 3.8) is 0 Å². The topological polar surface area (TPSA) is 66.8 Å². The molecule has 1 heterocycles. The summed E-state index contributed by atoms with van der Waals surface area (Å²) in [5.41, 5.74) is 3.76. The predicted molar refractivity (Wildman–Crippen MR) is 125 cm³/mol. The molecular weight excluding hydrogens is 426 g/mol. The number of nitrogens with zero attached hydrogens (tertiary/aromatic N) is 1. The maximum Gasteiger partial charge on any atom is 0.176 e. The lowest BCUT2D eigenvalue weighted by molar-refractivity contribution is -0.119. The molecule has 6 heteroatoms. The average molecular weight is 458 g/mol. The number of hydrogen-bond donors (Lipinski definition) is 1. The van der Waals surface area contributed by atoms with E-state index >= 15 is 0 Å². The number of phenols is 1. The number of ketones is 2. The van der Waals surface area contributed by atoms with Crippen LogP contribution in [0.25, 0.3) is 0 Å². The lowest BCUT2D eigenvalue weighted by Gasteiger charge is -2.48. The van der Waals surface area contributed by atoms with Gasteiger partial charge in [0.15, 0.2) is 23.1 Å². The maximum absolute atomic E-state index is 13.5. The number of ether oxygens (including phenoxy) is 1. The van der Waals surface area contributed by atoms with Gasteiger partial charge in [-0.05, 0) is 48.3 Å². The Labute approximate surface area is 195 Å². The van der Waals surface area contributed by atoms with E-state index in [2.05, 4.69) is 32.6 Å². The second-order valence-corrected chi connectivity index (χ2v) is 11.3. The standard InChI is InChI=1S/C26H32ClNO4/c1-7-32-20-9-14(8-15(27)24(20)31)21-22-16(10-25(2,3)12-18(22)29)28(6)17-11-26(4,5)13-19(30)23(17)21/h8-9,21,31H,7,10-13H2,1-6H3. The van der Waals surface area contributed by atoms with Gasteiger partial charge in [-0.15, -0.1) is 0 Å². The van der Waals surface area contributed by atoms with E-state index in [0.717, 1.165) is 24.2 Å². The summed E-state index contributed by atoms with van der Waals surface area (Å²) in [5.74, 6) is -0.217. The molecule has 0 atom stereocenters. The summed E-state index contributed by atoms with van der Waals surface area (Å²) in [6, 6.07) is 3.40. The molecule has 0 saturated heterocycles. The van der Waals surface area contributed by atoms with Gasteiger partial charge in [0.25, 0.3) is 0 Å². The summed E-state index contributed by atoms with van der Waals surface area (Å²) < 4.78 is 5.62. The van der Waals surface area contributed by atoms with E-state index in [1.807, 2.05) is 14.0 Å². The van der Waals surface area contributed by atoms with Crippen molar-refractivity contribution in [2.75, 3.05) is 13.7 Å². The highest BCUT2D eigenvalue weighted by atomic mass is 35.5. The van der Waals surface area contributed by atoms with Gasteiger partial charge in [-0.2, -0.15) is 0 Å². The fraction of sp³-hybridized carbons (Fsp3) is 0.538. The largest absolute Gasteiger partial charge is 0.503 e. The van der Waals surface area contributed by atoms with Crippen LogP contribution in [0.4, 0.5) is 0 Å². The molecule has 1 aliphatic heterocycles. The predicted octanol–water partition coefficient (Wildman–Crippen LogP) is 5.76. The molecule has 0 spiro atoms. The fourth-order valence-corrected chi connectivity index (χ4v) is 5.74. The minimum absolute atomic E-state index is 0.0689. The molecule has 4 rings (SSSR count). The molecule has 5 nitrogen and oxygen atoms in total. The van der Waals surface area contributed by atoms with E-state index in [-0.39, 0.29) is 38.9 Å². The minimum atomic E-state index is -0.499. The van der Waals surface area contributed by atoms with Gasteiger partial charge in [-0.25, -0.2) is 0 Å². The number of Topliss-reactive ketones (excluding diaryl/α,β-unsaturated/α-hetero) is 2. The first-order valence-corrected chi connectivity index (χ1v) is 11.6. The average Bonchev–Trinajstić information content (AvgIpc) is 2.65. The SMILES string of the molecule is CCOc1cc(C2C3=C(CC(C)(C)CC3=O)N(C)C3=C2C(=O)CC(C)(C)C3)cc(Cl)c1O. The van der Waals surface area contributed by atoms with E-state index in [0.29, 0.717) is 36.2 Å². The Kier molecular flexibility index (Phi) is 5.48. The Morgan fingerprint density at radius 2 is 1.50 bits per heavy atom. The molecule has 32 heavy (non-hydrogen) atoms. The highest BCUT2D eigenvalue weighted by Crippen LogP contribution is 2.54. The van der Waals surface area contributed by atoms with Crippen LogP contribution in [0.2, 0.25) is 5.02 Å². The number of phenolic OH excluding ortho intramolecular Hbond substituents is 1. The molecule has 3 aliphatic rings. The number of halogens is 1. The number of aromatic hydroxyl groups is 1. The summed E-state index contributed by atoms with van der Waals surface area (Å²) in [5, 5.41) is 10.5. The van der Waals surface area contributed by atoms with Crippen molar-refractivity contribution in [1.29, 1.82) is 0 Å². The van der Waals surface area contributed by atoms with Crippen LogP contribution in [0.1, 0.15) is 71.8 Å². The number of allylic oxidation sites excluding steroid dienone is 4. The zero-order chi connectivity index (χ0) is 23.6. The molecular formula is C26H32ClNO4. The highest BCUT2D eigenvalue weighted by molar-refractivity contribution is 6.32. The lowest BCUT2D eigenvalue weighted by Crippen LogP contribution is -2.43. The van der Waals surface area contributed by atoms with Crippen LogP contribution in [0.5, 0.6) is 11.5 Å². The summed E-state index contributed by atoms with van der Waals surface area (Å²) >= 11 is 6.37. The van der Waals surface area contributed by atoms with Gasteiger partial charge >= 0.3 is 0 Å². The lowest BCUT2D eigenvalue weighted by atomic mass is 9.64. The van der Waals surface area contributed by atoms with E-state index in [1.165, 1.54) is 0 Å². The third-order valence-electron chi connectivity index (χ3n) is 6.86. The van der Waals surface area contributed by atoms with Crippen molar-refractivity contribution in [3.8, 4) is 11.5 Å². The number of carbonyl (C=O) groups is 2. The van der Waals surface area contributed by atoms with Crippen LogP contribution >= 0.6 is 11.6 Å². The van der Waals surface area contributed by atoms with Crippen LogP contribution in [0, 0.1) is 10.8 Å². The monoisotopic (exact) mass is 457 g/mol. The van der Waals surface area contributed by atoms with Gasteiger partial charge < -0.3 is 14.7 Å². The Morgan fingerprint density at radius 1 is 1.00 bits per heavy atom. The highest BCUT2D eigenvalue weighted by Gasteiger charge is 2.48. The van der Waals surface area contributed by atoms with Gasteiger partial charge in [0.2, 0.25) is 0 Å². The number of carbonyl (C=O) groups excluding carboxylic acids is 2. The third kappa shape index (κ3) is 3.75. The number of benzene rings is 1. The molecule has 0 aromatic heterocycles. The molecule has 172 valence electrons. The second kappa shape index (κ2) is 7.65. The van der Waals surface area contributed by atoms with Gasteiger partial charge in [0.1, 0.15) is 0 Å². The van der Waals surface area contributed by atoms with E-state index < -0.39 is 5.92 Å². The smallest absolute Gasteiger partial charge is 0.176 e. The Balaban J connectivity index is 1.99. The molecule has 2 aliphatic carbocycles. The van der Waals surface area contributed by atoms with Crippen LogP contribution in [0.3, 0.4) is 0 Å². The van der Waals surface area contributed by atoms with Crippen molar-refractivity contribution in [3.05, 3.63) is 45.3 Å². The first-order chi connectivity index (χ1) is 14.8. The fourth-order valence-electron chi connectivity index (χ4n) is 5.52. The van der Waals surface area contributed by atoms with Gasteiger partial charge in [0, 0.05) is 48.3 Å². The molecule has 0 amide bonds. The van der Waals surface area contributed by atoms with E-state index in [9.17, 15) is 14.7 Å². The van der Waals surface area contributed by atoms with Gasteiger partial charge in [0.05, 0.1) is 11.6 Å². The van der Waals surface area contributed by atoms with Gasteiger partial charge in [-0.1, -0.05) is 39.3 Å². The quantitative estimate of drug-likeness (QED) is 0.625. The molecule has 1 aromatic rings. The minimum Gasteiger partial charge on any atom is -0.503 e. The second-order valence-electron chi connectivity index (χ2n) is 10.9. The molecule has 1 aromatic carbocycles. The van der Waals surface area contributed by atoms with Crippen molar-refractivity contribution >= 4 is 23.2 Å². The summed E-state index contributed by atoms with van der Waals surface area (Å²) in [4.78, 5) is 29.1. The first-order valence-electron chi connectivity index (χ1n) is 11.3. The third-order valence-corrected chi connectivity index (χ3v) is 7.15. The normalized spacial score (nSPS) is 22.8. The molecule has 0 bridgehead atoms. The van der Waals surface area contributed by atoms with Crippen LogP contribution < -0.4 is 4.74 Å². The Hall–Kier alpha value is -2.27. The van der Waals surface area contributed by atoms with Crippen LogP contribution in [-0.2, 0) is 9.59 Å². The van der Waals surface area contributed by atoms with Crippen molar-refractivity contribution in [2.45, 2.75) is 66.2 Å². The van der Waals surface area contributed by atoms with Crippen LogP contribution in [0.15, 0.2) is 34.7 Å². The molecule has 0 unspecified atom stereocenters. The maximum atomic E-state index is 13.5. The number of rotatable bonds is 3. The Bertz CT molecular complexity index is 1030. The Morgan fingerprint density at radius 3 is 1.97 bits per heavy atom. The van der Waals surface area contributed by atoms with E-state index in [1.54, 1.807) is 12.1 Å². The van der Waals surface area contributed by atoms with Crippen molar-refractivity contribution in [2.24, 2.45) is 10.8 Å². The first kappa shape index (κ1) is 22.9. The molecule has 0 fully saturated rings. The van der Waals surface area contributed by atoms with E-state index in [4.69, 9.17) is 16.3 Å². The summed E-state index contributed by atoms with van der Waals surface area (Å²) in [6.07, 6.45) is 2.39. The zero-order valence-corrected chi connectivity index (χ0v) is 20.5. The zero-order valence-electron chi connectivity index (χ0n) is 19.8. The van der Waals surface area contributed by atoms with Crippen molar-refractivity contribution in [1.82, 2.24) is 4.90 Å². The van der Waals surface area contributed by atoms with Crippen LogP contribution in [-0.4, -0.2) is 35.2 Å². The summed E-state index contributed by atoms with van der Waals surface area (Å²) in [7, 11) is 1.99. The molecule has 0 radical (unpaired) electrons. The number of hydrogen-bond acceptors (Lipinski definition) is 5. The van der Waals surface area contributed by atoms with Gasteiger partial charge in [-0.3, -0.25) is 9.59 Å². The van der Waals surface area contributed by atoms with Crippen molar-refractivity contribution < 1.29 is 19.4 Å².